The Kier molecular flexibility index (Phi) is 7.80. The maximum Gasteiger partial charge on any atom is 0.224 e. The summed E-state index contributed by atoms with van der Waals surface area (Å²) >= 11 is 1.49. The van der Waals surface area contributed by atoms with Gasteiger partial charge in [0.2, 0.25) is 16.0 Å². The fraction of sp³-hybridized carbons (Fsp3) is 0.583. The summed E-state index contributed by atoms with van der Waals surface area (Å²) in [5.41, 5.74) is 2.15. The van der Waals surface area contributed by atoms with E-state index in [1.54, 1.807) is 12.4 Å². The Hall–Kier alpha value is -2.49. The molecule has 0 aromatic carbocycles. The number of aromatic nitrogens is 4. The smallest absolute Gasteiger partial charge is 0.224 e. The normalized spacial score (nSPS) is 25.2. The van der Waals surface area contributed by atoms with Gasteiger partial charge in [-0.2, -0.15) is 4.98 Å². The molecule has 0 spiro atoms. The van der Waals surface area contributed by atoms with Crippen LogP contribution in [-0.2, 0) is 10.0 Å². The summed E-state index contributed by atoms with van der Waals surface area (Å²) < 4.78 is 26.1. The van der Waals surface area contributed by atoms with Gasteiger partial charge in [-0.3, -0.25) is 4.98 Å². The zero-order valence-electron chi connectivity index (χ0n) is 21.3. The zero-order valence-corrected chi connectivity index (χ0v) is 22.9. The van der Waals surface area contributed by atoms with Crippen molar-refractivity contribution in [3.63, 3.8) is 0 Å². The molecule has 5 N–H and O–H groups in total. The minimum absolute atomic E-state index is 0.220. The number of rotatable bonds is 8. The summed E-state index contributed by atoms with van der Waals surface area (Å²) in [6.45, 7) is 3.25. The molecule has 0 bridgehead atoms. The van der Waals surface area contributed by atoms with E-state index in [9.17, 15) is 23.7 Å². The molecule has 2 aliphatic rings. The van der Waals surface area contributed by atoms with Crippen molar-refractivity contribution in [1.82, 2.24) is 24.2 Å². The van der Waals surface area contributed by atoms with Crippen molar-refractivity contribution in [3.8, 4) is 10.6 Å². The molecule has 5 rings (SSSR count). The maximum atomic E-state index is 11.8. The van der Waals surface area contributed by atoms with Crippen LogP contribution in [0.4, 0.5) is 11.8 Å². The van der Waals surface area contributed by atoms with E-state index < -0.39 is 34.2 Å². The SMILES string of the molecule is Cc1nc(NCC2CCN(S(C)(=O)=O)CC2)nc(NC2CC(CO)C(O)C2O)c1-c1nc2cnccc2s1. The lowest BCUT2D eigenvalue weighted by Gasteiger charge is -2.30. The van der Waals surface area contributed by atoms with E-state index in [-0.39, 0.29) is 12.5 Å². The first-order valence-electron chi connectivity index (χ1n) is 12.7. The molecule has 1 saturated carbocycles. The molecule has 3 aromatic heterocycles. The molecule has 1 aliphatic heterocycles. The Balaban J connectivity index is 1.40. The topological polar surface area (TPSA) is 174 Å². The number of nitrogens with zero attached hydrogens (tertiary/aromatic N) is 5. The van der Waals surface area contributed by atoms with Gasteiger partial charge >= 0.3 is 0 Å². The Morgan fingerprint density at radius 1 is 1.16 bits per heavy atom. The Bertz CT molecular complexity index is 1360. The van der Waals surface area contributed by atoms with Crippen LogP contribution in [0.1, 0.15) is 25.0 Å². The molecule has 1 saturated heterocycles. The van der Waals surface area contributed by atoms with Gasteiger partial charge in [-0.15, -0.1) is 11.3 Å². The van der Waals surface area contributed by atoms with Crippen LogP contribution in [0, 0.1) is 18.8 Å². The molecular formula is C24H33N7O5S2. The van der Waals surface area contributed by atoms with Crippen LogP contribution in [0.2, 0.25) is 0 Å². The minimum Gasteiger partial charge on any atom is -0.396 e. The van der Waals surface area contributed by atoms with Crippen LogP contribution in [-0.4, -0.2) is 98.7 Å². The van der Waals surface area contributed by atoms with Crippen molar-refractivity contribution >= 4 is 43.3 Å². The van der Waals surface area contributed by atoms with E-state index in [1.807, 2.05) is 13.0 Å². The lowest BCUT2D eigenvalue weighted by Crippen LogP contribution is -2.39. The molecule has 0 radical (unpaired) electrons. The van der Waals surface area contributed by atoms with Gasteiger partial charge in [-0.1, -0.05) is 0 Å². The number of fused-ring (bicyclic) bond motifs is 1. The van der Waals surface area contributed by atoms with Gasteiger partial charge in [0.1, 0.15) is 22.4 Å². The molecule has 3 aromatic rings. The number of nitrogens with one attached hydrogen (secondary N) is 2. The minimum atomic E-state index is -3.18. The van der Waals surface area contributed by atoms with Gasteiger partial charge < -0.3 is 26.0 Å². The Labute approximate surface area is 225 Å². The molecule has 1 aliphatic carbocycles. The number of sulfonamides is 1. The second kappa shape index (κ2) is 10.9. The summed E-state index contributed by atoms with van der Waals surface area (Å²) in [6, 6.07) is 1.38. The first-order chi connectivity index (χ1) is 18.1. The monoisotopic (exact) mass is 563 g/mol. The molecule has 12 nitrogen and oxygen atoms in total. The third kappa shape index (κ3) is 5.60. The number of anilines is 2. The highest BCUT2D eigenvalue weighted by Crippen LogP contribution is 2.38. The molecule has 0 amide bonds. The van der Waals surface area contributed by atoms with Gasteiger partial charge in [-0.25, -0.2) is 22.7 Å². The zero-order chi connectivity index (χ0) is 27.0. The van der Waals surface area contributed by atoms with E-state index in [4.69, 9.17) is 9.97 Å². The van der Waals surface area contributed by atoms with Crippen molar-refractivity contribution in [2.45, 2.75) is 44.4 Å². The number of pyridine rings is 1. The number of hydrogen-bond acceptors (Lipinski definition) is 12. The van der Waals surface area contributed by atoms with Crippen molar-refractivity contribution in [2.24, 2.45) is 11.8 Å². The molecule has 38 heavy (non-hydrogen) atoms. The first-order valence-corrected chi connectivity index (χ1v) is 15.3. The second-order valence-electron chi connectivity index (χ2n) is 10.1. The highest BCUT2D eigenvalue weighted by atomic mass is 32.2. The third-order valence-corrected chi connectivity index (χ3v) is 9.80. The average Bonchev–Trinajstić information content (AvgIpc) is 3.43. The Morgan fingerprint density at radius 2 is 1.92 bits per heavy atom. The molecule has 206 valence electrons. The van der Waals surface area contributed by atoms with Crippen molar-refractivity contribution < 1.29 is 23.7 Å². The predicted octanol–water partition coefficient (Wildman–Crippen LogP) is 1.05. The number of aliphatic hydroxyl groups is 3. The van der Waals surface area contributed by atoms with E-state index in [0.29, 0.717) is 54.1 Å². The number of aryl methyl sites for hydroxylation is 1. The molecule has 2 fully saturated rings. The lowest BCUT2D eigenvalue weighted by molar-refractivity contribution is 0.00446. The Morgan fingerprint density at radius 3 is 2.58 bits per heavy atom. The molecule has 4 heterocycles. The fourth-order valence-corrected chi connectivity index (χ4v) is 7.11. The summed E-state index contributed by atoms with van der Waals surface area (Å²) in [5.74, 6) is 0.738. The number of thiazole rings is 1. The van der Waals surface area contributed by atoms with Crippen LogP contribution in [0.5, 0.6) is 0 Å². The fourth-order valence-electron chi connectivity index (χ4n) is 5.20. The highest BCUT2D eigenvalue weighted by molar-refractivity contribution is 7.88. The lowest BCUT2D eigenvalue weighted by atomic mass is 9.98. The van der Waals surface area contributed by atoms with E-state index in [2.05, 4.69) is 20.6 Å². The van der Waals surface area contributed by atoms with Gasteiger partial charge in [0.25, 0.3) is 0 Å². The van der Waals surface area contributed by atoms with E-state index in [1.165, 1.54) is 21.9 Å². The van der Waals surface area contributed by atoms with Gasteiger partial charge in [0, 0.05) is 38.4 Å². The van der Waals surface area contributed by atoms with Gasteiger partial charge in [0.15, 0.2) is 0 Å². The largest absolute Gasteiger partial charge is 0.396 e. The highest BCUT2D eigenvalue weighted by Gasteiger charge is 2.41. The first kappa shape index (κ1) is 27.1. The summed E-state index contributed by atoms with van der Waals surface area (Å²) in [6.07, 6.45) is 4.43. The van der Waals surface area contributed by atoms with E-state index in [0.717, 1.165) is 23.1 Å². The number of piperidine rings is 1. The quantitative estimate of drug-likeness (QED) is 0.265. The van der Waals surface area contributed by atoms with E-state index >= 15 is 0 Å². The van der Waals surface area contributed by atoms with Crippen LogP contribution < -0.4 is 10.6 Å². The number of aliphatic hydroxyl groups excluding tert-OH is 3. The van der Waals surface area contributed by atoms with Crippen molar-refractivity contribution in [3.05, 3.63) is 24.2 Å². The van der Waals surface area contributed by atoms with Crippen LogP contribution in [0.3, 0.4) is 0 Å². The molecule has 14 heteroatoms. The summed E-state index contributed by atoms with van der Waals surface area (Å²) in [5, 5.41) is 37.9. The number of hydrogen-bond donors (Lipinski definition) is 5. The molecule has 4 atom stereocenters. The van der Waals surface area contributed by atoms with Crippen molar-refractivity contribution in [2.75, 3.05) is 43.1 Å². The maximum absolute atomic E-state index is 11.8. The molecule has 4 unspecified atom stereocenters. The third-order valence-electron chi connectivity index (χ3n) is 7.44. The van der Waals surface area contributed by atoms with Crippen LogP contribution in [0.15, 0.2) is 18.5 Å². The predicted molar refractivity (Wildman–Crippen MR) is 145 cm³/mol. The van der Waals surface area contributed by atoms with Gasteiger partial charge in [0.05, 0.1) is 40.6 Å². The summed E-state index contributed by atoms with van der Waals surface area (Å²) in [7, 11) is -3.18. The second-order valence-corrected chi connectivity index (χ2v) is 13.1. The van der Waals surface area contributed by atoms with Crippen molar-refractivity contribution in [1.29, 1.82) is 0 Å². The molecular weight excluding hydrogens is 530 g/mol. The standard InChI is InChI=1S/C24H33N7O5S2/c1-13-19(23-29-17-11-25-6-3-18(17)37-23)22(28-16-9-15(12-32)20(33)21(16)34)30-24(27-13)26-10-14-4-7-31(8-5-14)38(2,35)36/h3,6,11,14-16,20-21,32-34H,4-5,7-10,12H2,1-2H3,(H2,26,27,28,30). The van der Waals surface area contributed by atoms with Crippen LogP contribution >= 0.6 is 11.3 Å². The average molecular weight is 564 g/mol. The van der Waals surface area contributed by atoms with Gasteiger partial charge in [-0.05, 0) is 38.2 Å². The van der Waals surface area contributed by atoms with Crippen LogP contribution in [0.25, 0.3) is 20.8 Å². The summed E-state index contributed by atoms with van der Waals surface area (Å²) in [4.78, 5) is 18.3.